The number of aliphatic hydroxyl groups excluding tert-OH is 2. The number of Topliss-reactive ketones (excluding diaryl/α,β-unsaturated/α-hetero) is 2. The molecule has 9 nitrogen and oxygen atoms in total. The number of anilines is 1. The molecule has 0 saturated carbocycles. The summed E-state index contributed by atoms with van der Waals surface area (Å²) in [4.78, 5) is 29.6. The van der Waals surface area contributed by atoms with Crippen LogP contribution in [0.15, 0.2) is 72.8 Å². The van der Waals surface area contributed by atoms with E-state index in [4.69, 9.17) is 9.47 Å². The zero-order chi connectivity index (χ0) is 26.5. The fourth-order valence-corrected chi connectivity index (χ4v) is 4.51. The third kappa shape index (κ3) is 5.31. The molecule has 0 amide bonds. The molecule has 0 bridgehead atoms. The van der Waals surface area contributed by atoms with E-state index in [0.717, 1.165) is 22.4 Å². The van der Waals surface area contributed by atoms with Gasteiger partial charge in [-0.3, -0.25) is 14.2 Å². The van der Waals surface area contributed by atoms with Gasteiger partial charge in [-0.25, -0.2) is 4.98 Å². The second-order valence-electron chi connectivity index (χ2n) is 9.08. The summed E-state index contributed by atoms with van der Waals surface area (Å²) in [6.07, 6.45) is -1.07. The van der Waals surface area contributed by atoms with E-state index in [9.17, 15) is 19.8 Å². The fourth-order valence-electron chi connectivity index (χ4n) is 4.51. The van der Waals surface area contributed by atoms with Gasteiger partial charge in [0.1, 0.15) is 18.5 Å². The van der Waals surface area contributed by atoms with Gasteiger partial charge in [0, 0.05) is 13.2 Å². The zero-order valence-electron chi connectivity index (χ0n) is 20.7. The molecule has 1 unspecified atom stereocenters. The number of hydrogen-bond donors (Lipinski definition) is 3. The lowest BCUT2D eigenvalue weighted by Gasteiger charge is -2.17. The Morgan fingerprint density at radius 1 is 0.947 bits per heavy atom. The molecule has 0 aliphatic carbocycles. The van der Waals surface area contributed by atoms with E-state index in [1.165, 1.54) is 0 Å². The van der Waals surface area contributed by atoms with Gasteiger partial charge in [0.05, 0.1) is 17.6 Å². The fraction of sp³-hybridized carbons (Fsp3) is 0.276. The minimum absolute atomic E-state index is 0.0965. The highest BCUT2D eigenvalue weighted by Crippen LogP contribution is 2.31. The summed E-state index contributed by atoms with van der Waals surface area (Å²) >= 11 is 0. The molecule has 38 heavy (non-hydrogen) atoms. The van der Waals surface area contributed by atoms with Gasteiger partial charge in [-0.2, -0.15) is 0 Å². The Kier molecular flexibility index (Phi) is 7.78. The van der Waals surface area contributed by atoms with Crippen LogP contribution in [0.25, 0.3) is 11.0 Å². The van der Waals surface area contributed by atoms with Crippen LogP contribution in [0.2, 0.25) is 0 Å². The molecular weight excluding hydrogens is 486 g/mol. The number of imidazole rings is 1. The summed E-state index contributed by atoms with van der Waals surface area (Å²) in [6.45, 7) is 0.314. The van der Waals surface area contributed by atoms with E-state index in [1.807, 2.05) is 66.7 Å². The van der Waals surface area contributed by atoms with Crippen LogP contribution >= 0.6 is 0 Å². The number of benzene rings is 3. The minimum Gasteiger partial charge on any atom is -0.489 e. The zero-order valence-corrected chi connectivity index (χ0v) is 20.7. The van der Waals surface area contributed by atoms with Crippen LogP contribution < -0.4 is 10.1 Å². The summed E-state index contributed by atoms with van der Waals surface area (Å²) in [5.41, 5.74) is 4.24. The van der Waals surface area contributed by atoms with Gasteiger partial charge in [0.2, 0.25) is 18.0 Å². The molecule has 0 spiro atoms. The Morgan fingerprint density at radius 3 is 2.50 bits per heavy atom. The molecule has 1 saturated heterocycles. The van der Waals surface area contributed by atoms with Crippen molar-refractivity contribution in [3.63, 3.8) is 0 Å². The van der Waals surface area contributed by atoms with Gasteiger partial charge >= 0.3 is 0 Å². The molecule has 196 valence electrons. The van der Waals surface area contributed by atoms with Crippen LogP contribution in [0.4, 0.5) is 5.95 Å². The quantitative estimate of drug-likeness (QED) is 0.260. The Balaban J connectivity index is 1.40. The van der Waals surface area contributed by atoms with Crippen LogP contribution in [0, 0.1) is 0 Å². The van der Waals surface area contributed by atoms with Crippen molar-refractivity contribution < 1.29 is 29.3 Å². The van der Waals surface area contributed by atoms with E-state index < -0.39 is 30.5 Å². The normalized spacial score (nSPS) is 17.3. The first kappa shape index (κ1) is 25.6. The molecule has 5 rings (SSSR count). The molecule has 2 atom stereocenters. The van der Waals surface area contributed by atoms with Crippen LogP contribution in [0.5, 0.6) is 5.75 Å². The number of nitrogens with zero attached hydrogens (tertiary/aromatic N) is 2. The van der Waals surface area contributed by atoms with Crippen molar-refractivity contribution in [2.24, 2.45) is 0 Å². The van der Waals surface area contributed by atoms with Crippen molar-refractivity contribution in [1.82, 2.24) is 9.55 Å². The van der Waals surface area contributed by atoms with Gasteiger partial charge in [0.25, 0.3) is 5.78 Å². The Hall–Kier alpha value is -4.05. The molecule has 4 aromatic rings. The third-order valence-corrected chi connectivity index (χ3v) is 6.47. The highest BCUT2D eigenvalue weighted by Gasteiger charge is 2.44. The maximum Gasteiger partial charge on any atom is 0.251 e. The van der Waals surface area contributed by atoms with E-state index in [0.29, 0.717) is 43.0 Å². The lowest BCUT2D eigenvalue weighted by Crippen LogP contribution is -2.23. The Labute approximate surface area is 219 Å². The van der Waals surface area contributed by atoms with Gasteiger partial charge < -0.3 is 25.0 Å². The van der Waals surface area contributed by atoms with Crippen molar-refractivity contribution in [2.45, 2.75) is 38.3 Å². The number of carbonyl (C=O) groups excluding carboxylic acids is 2. The van der Waals surface area contributed by atoms with Crippen molar-refractivity contribution in [3.8, 4) is 5.75 Å². The van der Waals surface area contributed by atoms with Crippen molar-refractivity contribution >= 4 is 28.5 Å². The monoisotopic (exact) mass is 515 g/mol. The molecular formula is C29H29N3O6. The molecule has 9 heteroatoms. The first-order chi connectivity index (χ1) is 18.6. The number of rotatable bonds is 11. The third-order valence-electron chi connectivity index (χ3n) is 6.47. The summed E-state index contributed by atoms with van der Waals surface area (Å²) < 4.78 is 13.3. The summed E-state index contributed by atoms with van der Waals surface area (Å²) in [5.74, 6) is -0.368. The van der Waals surface area contributed by atoms with Gasteiger partial charge in [-0.05, 0) is 47.7 Å². The number of para-hydroxylation sites is 2. The maximum atomic E-state index is 12.7. The van der Waals surface area contributed by atoms with E-state index >= 15 is 0 Å². The highest BCUT2D eigenvalue weighted by molar-refractivity contribution is 6.41. The predicted octanol–water partition coefficient (Wildman–Crippen LogP) is 3.18. The Bertz CT molecular complexity index is 1440. The number of carbonyl (C=O) groups is 2. The lowest BCUT2D eigenvalue weighted by molar-refractivity contribution is -0.136. The Morgan fingerprint density at radius 2 is 1.74 bits per heavy atom. The molecule has 1 aliphatic rings. The topological polar surface area (TPSA) is 123 Å². The van der Waals surface area contributed by atoms with Crippen LogP contribution in [0.1, 0.15) is 29.3 Å². The van der Waals surface area contributed by atoms with Crippen LogP contribution in [0.3, 0.4) is 0 Å². The number of aryl methyl sites for hydroxylation is 1. The number of aliphatic hydroxyl groups is 2. The predicted molar refractivity (Wildman–Crippen MR) is 141 cm³/mol. The van der Waals surface area contributed by atoms with Gasteiger partial charge in [0.15, 0.2) is 0 Å². The average molecular weight is 516 g/mol. The largest absolute Gasteiger partial charge is 0.489 e. The lowest BCUT2D eigenvalue weighted by atomic mass is 10.1. The van der Waals surface area contributed by atoms with E-state index in [1.54, 1.807) is 10.6 Å². The average Bonchev–Trinajstić information content (AvgIpc) is 3.46. The molecule has 2 heterocycles. The van der Waals surface area contributed by atoms with E-state index in [2.05, 4.69) is 10.3 Å². The first-order valence-corrected chi connectivity index (χ1v) is 12.5. The summed E-state index contributed by atoms with van der Waals surface area (Å²) in [5, 5.41) is 22.0. The number of aromatic nitrogens is 2. The van der Waals surface area contributed by atoms with Gasteiger partial charge in [-0.15, -0.1) is 0 Å². The number of nitrogens with one attached hydrogen (secondary N) is 1. The number of fused-ring (bicyclic) bond motifs is 1. The van der Waals surface area contributed by atoms with Crippen molar-refractivity contribution in [1.29, 1.82) is 0 Å². The molecule has 3 aromatic carbocycles. The first-order valence-electron chi connectivity index (χ1n) is 12.5. The minimum atomic E-state index is -1.21. The maximum absolute atomic E-state index is 12.7. The van der Waals surface area contributed by atoms with E-state index in [-0.39, 0.29) is 6.61 Å². The molecule has 1 fully saturated rings. The molecule has 1 aliphatic heterocycles. The standard InChI is InChI=1S/C29H29N3O6/c33-14-6-9-21-13-12-20(15-24(21)37-18-19-7-2-1-3-8-19)16-30-29-31-22-10-4-5-11-23(22)32(29)28-27(36)26(35)25(17-34)38-28/h1-5,7-8,10-13,15,25,28,33-34H,6,9,14,16-18H2,(H,30,31)/t25?,28-/m1/s1. The van der Waals surface area contributed by atoms with Crippen molar-refractivity contribution in [3.05, 3.63) is 89.5 Å². The summed E-state index contributed by atoms with van der Waals surface area (Å²) in [7, 11) is 0. The van der Waals surface area contributed by atoms with Crippen molar-refractivity contribution in [2.75, 3.05) is 18.5 Å². The SMILES string of the molecule is O=C1C(=O)[C@H](n2c(NCc3ccc(CCCO)c(OCc4ccccc4)c3)nc3ccccc32)OC1CO. The van der Waals surface area contributed by atoms with Gasteiger partial charge in [-0.1, -0.05) is 54.6 Å². The molecule has 1 aromatic heterocycles. The second kappa shape index (κ2) is 11.6. The summed E-state index contributed by atoms with van der Waals surface area (Å²) in [6, 6.07) is 23.1. The molecule has 0 radical (unpaired) electrons. The molecule has 3 N–H and O–H groups in total. The number of ether oxygens (including phenoxy) is 2. The highest BCUT2D eigenvalue weighted by atomic mass is 16.5. The van der Waals surface area contributed by atoms with Crippen LogP contribution in [-0.2, 0) is 33.9 Å². The number of ketones is 2. The second-order valence-corrected chi connectivity index (χ2v) is 9.08. The van der Waals surface area contributed by atoms with Crippen LogP contribution in [-0.4, -0.2) is 50.6 Å². The smallest absolute Gasteiger partial charge is 0.251 e. The number of hydrogen-bond acceptors (Lipinski definition) is 8.